The zero-order valence-corrected chi connectivity index (χ0v) is 17.1. The molecule has 2 amide bonds. The van der Waals surface area contributed by atoms with E-state index in [9.17, 15) is 9.59 Å². The van der Waals surface area contributed by atoms with Gasteiger partial charge in [-0.25, -0.2) is 0 Å². The molecule has 0 atom stereocenters. The van der Waals surface area contributed by atoms with Crippen LogP contribution in [0.3, 0.4) is 0 Å². The van der Waals surface area contributed by atoms with Gasteiger partial charge in [0.25, 0.3) is 0 Å². The Kier molecular flexibility index (Phi) is 7.72. The molecule has 148 valence electrons. The lowest BCUT2D eigenvalue weighted by Crippen LogP contribution is -2.10. The van der Waals surface area contributed by atoms with E-state index in [4.69, 9.17) is 32.7 Å². The standard InChI is InChI=1S/C20H20Cl2N2O4/c1-4-28-18-10-13(9-16(22)20(18)27-3)5-8-19(26)24-17-11-14(23-12(2)25)6-7-15(17)21/h5-11H,4H2,1-3H3,(H,23,25)(H,24,26)/b8-5+. The van der Waals surface area contributed by atoms with E-state index in [-0.39, 0.29) is 5.91 Å². The van der Waals surface area contributed by atoms with Crippen LogP contribution in [0.15, 0.2) is 36.4 Å². The Hall–Kier alpha value is -2.70. The molecule has 8 heteroatoms. The van der Waals surface area contributed by atoms with Crippen LogP contribution in [0.1, 0.15) is 19.4 Å². The molecule has 2 aromatic carbocycles. The van der Waals surface area contributed by atoms with Crippen LogP contribution in [0.5, 0.6) is 11.5 Å². The monoisotopic (exact) mass is 422 g/mol. The lowest BCUT2D eigenvalue weighted by molar-refractivity contribution is -0.114. The number of nitrogens with one attached hydrogen (secondary N) is 2. The van der Waals surface area contributed by atoms with E-state index >= 15 is 0 Å². The highest BCUT2D eigenvalue weighted by atomic mass is 35.5. The SMILES string of the molecule is CCOc1cc(/C=C/C(=O)Nc2cc(NC(C)=O)ccc2Cl)cc(Cl)c1OC. The molecule has 0 fully saturated rings. The Morgan fingerprint density at radius 3 is 2.50 bits per heavy atom. The number of benzene rings is 2. The smallest absolute Gasteiger partial charge is 0.248 e. The molecule has 0 aliphatic heterocycles. The average molecular weight is 423 g/mol. The minimum Gasteiger partial charge on any atom is -0.491 e. The van der Waals surface area contributed by atoms with E-state index in [0.29, 0.717) is 45.1 Å². The number of hydrogen-bond donors (Lipinski definition) is 2. The van der Waals surface area contributed by atoms with Crippen molar-refractivity contribution in [2.24, 2.45) is 0 Å². The van der Waals surface area contributed by atoms with Crippen molar-refractivity contribution in [1.29, 1.82) is 0 Å². The number of rotatable bonds is 7. The first-order valence-electron chi connectivity index (χ1n) is 8.40. The molecule has 0 bridgehead atoms. The predicted octanol–water partition coefficient (Wildman–Crippen LogP) is 5.01. The van der Waals surface area contributed by atoms with E-state index in [0.717, 1.165) is 0 Å². The van der Waals surface area contributed by atoms with Gasteiger partial charge in [0, 0.05) is 18.7 Å². The van der Waals surface area contributed by atoms with E-state index in [1.165, 1.54) is 20.1 Å². The normalized spacial score (nSPS) is 10.6. The molecule has 28 heavy (non-hydrogen) atoms. The summed E-state index contributed by atoms with van der Waals surface area (Å²) in [6.45, 7) is 3.69. The van der Waals surface area contributed by atoms with Crippen LogP contribution in [0, 0.1) is 0 Å². The molecule has 2 rings (SSSR count). The topological polar surface area (TPSA) is 76.7 Å². The highest BCUT2D eigenvalue weighted by molar-refractivity contribution is 6.34. The number of hydrogen-bond acceptors (Lipinski definition) is 4. The lowest BCUT2D eigenvalue weighted by Gasteiger charge is -2.12. The second-order valence-corrected chi connectivity index (χ2v) is 6.48. The summed E-state index contributed by atoms with van der Waals surface area (Å²) < 4.78 is 10.8. The maximum Gasteiger partial charge on any atom is 0.248 e. The van der Waals surface area contributed by atoms with Crippen LogP contribution in [-0.4, -0.2) is 25.5 Å². The first-order valence-corrected chi connectivity index (χ1v) is 9.16. The molecular formula is C20H20Cl2N2O4. The molecule has 0 aliphatic rings. The second kappa shape index (κ2) is 10.0. The van der Waals surface area contributed by atoms with Crippen molar-refractivity contribution in [1.82, 2.24) is 0 Å². The van der Waals surface area contributed by atoms with Gasteiger partial charge in [-0.1, -0.05) is 23.2 Å². The van der Waals surface area contributed by atoms with Crippen molar-refractivity contribution < 1.29 is 19.1 Å². The van der Waals surface area contributed by atoms with Crippen molar-refractivity contribution in [3.8, 4) is 11.5 Å². The van der Waals surface area contributed by atoms with E-state index in [1.807, 2.05) is 6.92 Å². The summed E-state index contributed by atoms with van der Waals surface area (Å²) in [5.41, 5.74) is 1.58. The van der Waals surface area contributed by atoms with Gasteiger partial charge < -0.3 is 20.1 Å². The van der Waals surface area contributed by atoms with Crippen molar-refractivity contribution in [2.75, 3.05) is 24.4 Å². The Labute approximate surface area is 173 Å². The second-order valence-electron chi connectivity index (χ2n) is 5.67. The molecule has 2 aromatic rings. The number of halogens is 2. The molecule has 0 aromatic heterocycles. The molecule has 0 spiro atoms. The average Bonchev–Trinajstić information content (AvgIpc) is 2.62. The van der Waals surface area contributed by atoms with E-state index in [2.05, 4.69) is 10.6 Å². The zero-order chi connectivity index (χ0) is 20.7. The molecule has 0 heterocycles. The van der Waals surface area contributed by atoms with Crippen molar-refractivity contribution >= 4 is 52.5 Å². The van der Waals surface area contributed by atoms with Crippen molar-refractivity contribution in [3.63, 3.8) is 0 Å². The third-order valence-corrected chi connectivity index (χ3v) is 4.12. The molecule has 6 nitrogen and oxygen atoms in total. The van der Waals surface area contributed by atoms with E-state index < -0.39 is 5.91 Å². The van der Waals surface area contributed by atoms with Gasteiger partial charge in [0.1, 0.15) is 0 Å². The molecule has 0 saturated carbocycles. The highest BCUT2D eigenvalue weighted by Gasteiger charge is 2.11. The number of carbonyl (C=O) groups excluding carboxylic acids is 2. The third kappa shape index (κ3) is 5.90. The Morgan fingerprint density at radius 2 is 1.86 bits per heavy atom. The van der Waals surface area contributed by atoms with Crippen LogP contribution in [0.4, 0.5) is 11.4 Å². The number of amides is 2. The summed E-state index contributed by atoms with van der Waals surface area (Å²) >= 11 is 12.3. The summed E-state index contributed by atoms with van der Waals surface area (Å²) in [6, 6.07) is 8.19. The molecule has 0 saturated heterocycles. The molecule has 0 aliphatic carbocycles. The largest absolute Gasteiger partial charge is 0.491 e. The molecular weight excluding hydrogens is 403 g/mol. The highest BCUT2D eigenvalue weighted by Crippen LogP contribution is 2.36. The number of methoxy groups -OCH3 is 1. The first-order chi connectivity index (χ1) is 13.3. The van der Waals surface area contributed by atoms with Gasteiger partial charge in [0.2, 0.25) is 11.8 Å². The maximum absolute atomic E-state index is 12.3. The number of ether oxygens (including phenoxy) is 2. The fourth-order valence-corrected chi connectivity index (χ4v) is 2.85. The quantitative estimate of drug-likeness (QED) is 0.614. The minimum absolute atomic E-state index is 0.221. The zero-order valence-electron chi connectivity index (χ0n) is 15.6. The van der Waals surface area contributed by atoms with E-state index in [1.54, 1.807) is 36.4 Å². The van der Waals surface area contributed by atoms with Crippen molar-refractivity contribution in [3.05, 3.63) is 52.0 Å². The van der Waals surface area contributed by atoms with Gasteiger partial charge >= 0.3 is 0 Å². The summed E-state index contributed by atoms with van der Waals surface area (Å²) in [5.74, 6) is 0.308. The summed E-state index contributed by atoms with van der Waals surface area (Å²) in [7, 11) is 1.51. The van der Waals surface area contributed by atoms with Crippen LogP contribution in [0.25, 0.3) is 6.08 Å². The number of carbonyl (C=O) groups is 2. The summed E-state index contributed by atoms with van der Waals surface area (Å²) in [6.07, 6.45) is 2.93. The van der Waals surface area contributed by atoms with Gasteiger partial charge in [-0.2, -0.15) is 0 Å². The van der Waals surface area contributed by atoms with Gasteiger partial charge in [0.15, 0.2) is 11.5 Å². The van der Waals surface area contributed by atoms with Crippen LogP contribution < -0.4 is 20.1 Å². The van der Waals surface area contributed by atoms with Gasteiger partial charge in [-0.3, -0.25) is 9.59 Å². The lowest BCUT2D eigenvalue weighted by atomic mass is 10.2. The third-order valence-electron chi connectivity index (χ3n) is 3.51. The number of anilines is 2. The Balaban J connectivity index is 2.17. The van der Waals surface area contributed by atoms with Crippen LogP contribution >= 0.6 is 23.2 Å². The first kappa shape index (κ1) is 21.6. The molecule has 0 unspecified atom stereocenters. The fraction of sp³-hybridized carbons (Fsp3) is 0.200. The van der Waals surface area contributed by atoms with Gasteiger partial charge in [0.05, 0.1) is 29.4 Å². The maximum atomic E-state index is 12.3. The summed E-state index contributed by atoms with van der Waals surface area (Å²) in [5, 5.41) is 6.03. The summed E-state index contributed by atoms with van der Waals surface area (Å²) in [4.78, 5) is 23.4. The Morgan fingerprint density at radius 1 is 1.11 bits per heavy atom. The Bertz CT molecular complexity index is 913. The van der Waals surface area contributed by atoms with Crippen molar-refractivity contribution in [2.45, 2.75) is 13.8 Å². The van der Waals surface area contributed by atoms with Crippen LogP contribution in [-0.2, 0) is 9.59 Å². The molecule has 2 N–H and O–H groups in total. The van der Waals surface area contributed by atoms with Crippen LogP contribution in [0.2, 0.25) is 10.0 Å². The minimum atomic E-state index is -0.397. The predicted molar refractivity (Wildman–Crippen MR) is 113 cm³/mol. The van der Waals surface area contributed by atoms with Gasteiger partial charge in [-0.15, -0.1) is 0 Å². The van der Waals surface area contributed by atoms with Gasteiger partial charge in [-0.05, 0) is 48.9 Å². The molecule has 0 radical (unpaired) electrons. The fourth-order valence-electron chi connectivity index (χ4n) is 2.39.